The molecule has 1 saturated carbocycles. The van der Waals surface area contributed by atoms with Crippen molar-refractivity contribution in [2.45, 2.75) is 32.2 Å². The molecule has 0 radical (unpaired) electrons. The lowest BCUT2D eigenvalue weighted by molar-refractivity contribution is -0.139. The molecule has 0 spiro atoms. The van der Waals surface area contributed by atoms with E-state index in [9.17, 15) is 9.59 Å². The van der Waals surface area contributed by atoms with E-state index in [0.717, 1.165) is 19.4 Å². The van der Waals surface area contributed by atoms with E-state index in [1.807, 2.05) is 6.92 Å². The maximum Gasteiger partial charge on any atom is 0.326 e. The maximum atomic E-state index is 11.9. The zero-order chi connectivity index (χ0) is 13.5. The molecule has 0 aromatic carbocycles. The summed E-state index contributed by atoms with van der Waals surface area (Å²) in [6, 6.07) is -1.18. The number of urea groups is 1. The molecule has 1 fully saturated rings. The number of amides is 2. The van der Waals surface area contributed by atoms with E-state index < -0.39 is 12.0 Å². The van der Waals surface area contributed by atoms with Gasteiger partial charge in [-0.05, 0) is 25.7 Å². The number of carboxylic acid groups (broad SMARTS) is 1. The molecule has 0 aromatic rings. The first-order valence-corrected chi connectivity index (χ1v) is 6.35. The molecule has 1 aliphatic carbocycles. The summed E-state index contributed by atoms with van der Waals surface area (Å²) in [4.78, 5) is 24.6. The summed E-state index contributed by atoms with van der Waals surface area (Å²) in [7, 11) is 1.51. The number of carbonyl (C=O) groups is 2. The Bertz CT molecular complexity index is 292. The van der Waals surface area contributed by atoms with Crippen LogP contribution in [0.5, 0.6) is 0 Å². The third-order valence-corrected chi connectivity index (χ3v) is 3.05. The van der Waals surface area contributed by atoms with Crippen LogP contribution in [-0.4, -0.2) is 54.9 Å². The van der Waals surface area contributed by atoms with Gasteiger partial charge in [0.25, 0.3) is 0 Å². The van der Waals surface area contributed by atoms with Crippen molar-refractivity contribution in [3.63, 3.8) is 0 Å². The Kier molecular flexibility index (Phi) is 5.91. The van der Waals surface area contributed by atoms with Gasteiger partial charge in [0.05, 0.1) is 0 Å². The van der Waals surface area contributed by atoms with Crippen LogP contribution in [0.1, 0.15) is 26.2 Å². The molecule has 0 aliphatic heterocycles. The molecule has 104 valence electrons. The molecule has 0 saturated heterocycles. The zero-order valence-electron chi connectivity index (χ0n) is 11.0. The van der Waals surface area contributed by atoms with E-state index in [1.165, 1.54) is 7.11 Å². The van der Waals surface area contributed by atoms with Crippen LogP contribution in [-0.2, 0) is 9.53 Å². The van der Waals surface area contributed by atoms with Crippen molar-refractivity contribution in [3.8, 4) is 0 Å². The van der Waals surface area contributed by atoms with E-state index in [4.69, 9.17) is 9.84 Å². The first-order valence-electron chi connectivity index (χ1n) is 6.35. The number of hydrogen-bond acceptors (Lipinski definition) is 3. The normalized spacial score (nSPS) is 16.1. The van der Waals surface area contributed by atoms with Crippen molar-refractivity contribution < 1.29 is 19.4 Å². The molecule has 1 atom stereocenters. The van der Waals surface area contributed by atoms with Gasteiger partial charge in [-0.3, -0.25) is 0 Å². The topological polar surface area (TPSA) is 78.9 Å². The molecular formula is C12H22N2O4. The number of carboxylic acids is 1. The third kappa shape index (κ3) is 4.91. The van der Waals surface area contributed by atoms with Crippen molar-refractivity contribution in [2.75, 3.05) is 26.8 Å². The monoisotopic (exact) mass is 258 g/mol. The van der Waals surface area contributed by atoms with Crippen molar-refractivity contribution in [1.82, 2.24) is 10.2 Å². The Morgan fingerprint density at radius 1 is 1.50 bits per heavy atom. The molecular weight excluding hydrogens is 236 g/mol. The molecule has 0 bridgehead atoms. The lowest BCUT2D eigenvalue weighted by Crippen LogP contribution is -2.48. The molecule has 6 nitrogen and oxygen atoms in total. The number of ether oxygens (including phenoxy) is 1. The Hall–Kier alpha value is -1.30. The fourth-order valence-electron chi connectivity index (χ4n) is 1.70. The lowest BCUT2D eigenvalue weighted by atomic mass is 10.2. The maximum absolute atomic E-state index is 11.9. The predicted octanol–water partition coefficient (Wildman–Crippen LogP) is 0.918. The van der Waals surface area contributed by atoms with Crippen LogP contribution < -0.4 is 5.32 Å². The summed E-state index contributed by atoms with van der Waals surface area (Å²) in [5, 5.41) is 11.6. The fraction of sp³-hybridized carbons (Fsp3) is 0.833. The number of carbonyl (C=O) groups excluding carboxylic acids is 1. The second-order valence-electron chi connectivity index (χ2n) is 4.60. The highest BCUT2D eigenvalue weighted by Crippen LogP contribution is 2.29. The zero-order valence-corrected chi connectivity index (χ0v) is 11.0. The average Bonchev–Trinajstić information content (AvgIpc) is 3.14. The number of nitrogens with zero attached hydrogens (tertiary/aromatic N) is 1. The molecule has 6 heteroatoms. The smallest absolute Gasteiger partial charge is 0.326 e. The van der Waals surface area contributed by atoms with Gasteiger partial charge in [-0.15, -0.1) is 0 Å². The fourth-order valence-corrected chi connectivity index (χ4v) is 1.70. The van der Waals surface area contributed by atoms with Gasteiger partial charge in [0, 0.05) is 33.2 Å². The predicted molar refractivity (Wildman–Crippen MR) is 66.4 cm³/mol. The highest BCUT2D eigenvalue weighted by molar-refractivity contribution is 5.82. The summed E-state index contributed by atoms with van der Waals surface area (Å²) in [5.41, 5.74) is 0. The first kappa shape index (κ1) is 14.8. The molecule has 1 unspecified atom stereocenters. The van der Waals surface area contributed by atoms with Crippen molar-refractivity contribution in [1.29, 1.82) is 0 Å². The van der Waals surface area contributed by atoms with Gasteiger partial charge in [-0.1, -0.05) is 0 Å². The Balaban J connectivity index is 2.43. The number of aliphatic carboxylic acids is 1. The summed E-state index contributed by atoms with van der Waals surface area (Å²) in [6.45, 7) is 3.52. The molecule has 1 rings (SSSR count). The minimum absolute atomic E-state index is 0.276. The molecule has 2 amide bonds. The van der Waals surface area contributed by atoms with Gasteiger partial charge in [-0.25, -0.2) is 9.59 Å². The van der Waals surface area contributed by atoms with Crippen LogP contribution in [0.3, 0.4) is 0 Å². The van der Waals surface area contributed by atoms with Crippen LogP contribution in [0.15, 0.2) is 0 Å². The minimum atomic E-state index is -1.03. The standard InChI is InChI=1S/C12H22N2O4/c1-3-14(8-9-4-5-9)12(17)13-10(11(15)16)6-7-18-2/h9-10H,3-8H2,1-2H3,(H,13,17)(H,15,16). The molecule has 0 heterocycles. The van der Waals surface area contributed by atoms with Gasteiger partial charge >= 0.3 is 12.0 Å². The number of hydrogen-bond donors (Lipinski definition) is 2. The van der Waals surface area contributed by atoms with Crippen molar-refractivity contribution >= 4 is 12.0 Å². The van der Waals surface area contributed by atoms with Gasteiger partial charge in [0.1, 0.15) is 6.04 Å². The van der Waals surface area contributed by atoms with Gasteiger partial charge in [0.2, 0.25) is 0 Å². The van der Waals surface area contributed by atoms with E-state index >= 15 is 0 Å². The average molecular weight is 258 g/mol. The Morgan fingerprint density at radius 2 is 2.17 bits per heavy atom. The van der Waals surface area contributed by atoms with Gasteiger partial charge in [-0.2, -0.15) is 0 Å². The van der Waals surface area contributed by atoms with E-state index in [1.54, 1.807) is 4.90 Å². The van der Waals surface area contributed by atoms with Crippen LogP contribution in [0, 0.1) is 5.92 Å². The largest absolute Gasteiger partial charge is 0.480 e. The quantitative estimate of drug-likeness (QED) is 0.678. The molecule has 0 aromatic heterocycles. The van der Waals surface area contributed by atoms with E-state index in [2.05, 4.69) is 5.32 Å². The number of methoxy groups -OCH3 is 1. The second kappa shape index (κ2) is 7.20. The van der Waals surface area contributed by atoms with E-state index in [-0.39, 0.29) is 12.5 Å². The summed E-state index contributed by atoms with van der Waals surface area (Å²) in [6.07, 6.45) is 2.60. The Labute approximate surface area is 107 Å². The Morgan fingerprint density at radius 3 is 2.61 bits per heavy atom. The highest BCUT2D eigenvalue weighted by atomic mass is 16.5. The van der Waals surface area contributed by atoms with Crippen molar-refractivity contribution in [3.05, 3.63) is 0 Å². The number of nitrogens with one attached hydrogen (secondary N) is 1. The molecule has 2 N–H and O–H groups in total. The minimum Gasteiger partial charge on any atom is -0.480 e. The van der Waals surface area contributed by atoms with E-state index in [0.29, 0.717) is 19.1 Å². The summed E-state index contributed by atoms with van der Waals surface area (Å²) >= 11 is 0. The first-order chi connectivity index (χ1) is 8.58. The third-order valence-electron chi connectivity index (χ3n) is 3.05. The highest BCUT2D eigenvalue weighted by Gasteiger charge is 2.28. The molecule has 1 aliphatic rings. The van der Waals surface area contributed by atoms with Crippen LogP contribution in [0.2, 0.25) is 0 Å². The summed E-state index contributed by atoms with van der Waals surface area (Å²) in [5.74, 6) is -0.430. The number of rotatable bonds is 8. The molecule has 18 heavy (non-hydrogen) atoms. The van der Waals surface area contributed by atoms with Crippen LogP contribution >= 0.6 is 0 Å². The lowest BCUT2D eigenvalue weighted by Gasteiger charge is -2.23. The summed E-state index contributed by atoms with van der Waals surface area (Å²) < 4.78 is 4.84. The van der Waals surface area contributed by atoms with Crippen LogP contribution in [0.25, 0.3) is 0 Å². The van der Waals surface area contributed by atoms with Gasteiger partial charge < -0.3 is 20.1 Å². The second-order valence-corrected chi connectivity index (χ2v) is 4.60. The SMILES string of the molecule is CCN(CC1CC1)C(=O)NC(CCOC)C(=O)O. The van der Waals surface area contributed by atoms with Gasteiger partial charge in [0.15, 0.2) is 0 Å². The van der Waals surface area contributed by atoms with Crippen molar-refractivity contribution in [2.24, 2.45) is 5.92 Å². The van der Waals surface area contributed by atoms with Crippen LogP contribution in [0.4, 0.5) is 4.79 Å².